The largest absolute Gasteiger partial charge is 0.351 e. The van der Waals surface area contributed by atoms with E-state index in [1.54, 1.807) is 28.5 Å². The Morgan fingerprint density at radius 2 is 1.79 bits per heavy atom. The highest BCUT2D eigenvalue weighted by atomic mass is 35.5. The van der Waals surface area contributed by atoms with Crippen LogP contribution in [0.4, 0.5) is 0 Å². The molecule has 28 heavy (non-hydrogen) atoms. The van der Waals surface area contributed by atoms with Crippen LogP contribution in [-0.4, -0.2) is 34.8 Å². The number of rotatable bonds is 10. The standard InChI is InChI=1S/C20H25Cl2N3O2S/c1-3-5-7-23-19(26)17-13-28-18(24-17)12-25(8-6-4-2)20(27)14-9-15(21)11-16(22)10-14/h9-11,13H,3-8,12H2,1-2H3,(H,23,26). The average molecular weight is 442 g/mol. The van der Waals surface area contributed by atoms with Gasteiger partial charge in [-0.25, -0.2) is 4.98 Å². The quantitative estimate of drug-likeness (QED) is 0.500. The molecule has 0 saturated heterocycles. The summed E-state index contributed by atoms with van der Waals surface area (Å²) in [5, 5.41) is 6.15. The number of halogens is 2. The van der Waals surface area contributed by atoms with Gasteiger partial charge in [0.05, 0.1) is 6.54 Å². The van der Waals surface area contributed by atoms with E-state index in [2.05, 4.69) is 24.1 Å². The molecule has 152 valence electrons. The van der Waals surface area contributed by atoms with E-state index in [0.717, 1.165) is 30.7 Å². The second-order valence-electron chi connectivity index (χ2n) is 6.47. The molecule has 1 aromatic carbocycles. The third-order valence-electron chi connectivity index (χ3n) is 4.10. The summed E-state index contributed by atoms with van der Waals surface area (Å²) in [6.45, 7) is 5.72. The Labute approximate surface area is 180 Å². The fourth-order valence-corrected chi connectivity index (χ4v) is 3.90. The predicted octanol–water partition coefficient (Wildman–Crippen LogP) is 5.42. The van der Waals surface area contributed by atoms with Gasteiger partial charge in [-0.05, 0) is 31.0 Å². The number of thiazole rings is 1. The second-order valence-corrected chi connectivity index (χ2v) is 8.29. The van der Waals surface area contributed by atoms with E-state index in [1.165, 1.54) is 11.3 Å². The summed E-state index contributed by atoms with van der Waals surface area (Å²) in [4.78, 5) is 31.3. The lowest BCUT2D eigenvalue weighted by Gasteiger charge is -2.22. The third kappa shape index (κ3) is 6.76. The molecular weight excluding hydrogens is 417 g/mol. The minimum absolute atomic E-state index is 0.151. The Bertz CT molecular complexity index is 790. The zero-order chi connectivity index (χ0) is 20.5. The Balaban J connectivity index is 2.11. The van der Waals surface area contributed by atoms with Crippen LogP contribution in [0.3, 0.4) is 0 Å². The molecule has 0 atom stereocenters. The molecule has 0 spiro atoms. The van der Waals surface area contributed by atoms with Crippen molar-refractivity contribution in [2.24, 2.45) is 0 Å². The summed E-state index contributed by atoms with van der Waals surface area (Å²) in [7, 11) is 0. The number of carbonyl (C=O) groups is 2. The number of unbranched alkanes of at least 4 members (excludes halogenated alkanes) is 2. The van der Waals surface area contributed by atoms with Crippen LogP contribution < -0.4 is 5.32 Å². The molecule has 2 aromatic rings. The van der Waals surface area contributed by atoms with E-state index in [1.807, 2.05) is 0 Å². The Morgan fingerprint density at radius 1 is 1.11 bits per heavy atom. The number of aromatic nitrogens is 1. The van der Waals surface area contributed by atoms with Crippen molar-refractivity contribution in [3.05, 3.63) is 49.9 Å². The highest BCUT2D eigenvalue weighted by Gasteiger charge is 2.19. The van der Waals surface area contributed by atoms with E-state index in [9.17, 15) is 9.59 Å². The summed E-state index contributed by atoms with van der Waals surface area (Å²) >= 11 is 13.5. The molecular formula is C20H25Cl2N3O2S. The maximum atomic E-state index is 13.0. The predicted molar refractivity (Wildman–Crippen MR) is 115 cm³/mol. The minimum atomic E-state index is -0.177. The number of benzene rings is 1. The monoisotopic (exact) mass is 441 g/mol. The highest BCUT2D eigenvalue weighted by Crippen LogP contribution is 2.22. The topological polar surface area (TPSA) is 62.3 Å². The number of hydrogen-bond acceptors (Lipinski definition) is 4. The molecule has 1 N–H and O–H groups in total. The van der Waals surface area contributed by atoms with E-state index >= 15 is 0 Å². The number of nitrogens with zero attached hydrogens (tertiary/aromatic N) is 2. The van der Waals surface area contributed by atoms with Gasteiger partial charge in [0.2, 0.25) is 0 Å². The van der Waals surface area contributed by atoms with Gasteiger partial charge in [0, 0.05) is 34.1 Å². The first-order valence-corrected chi connectivity index (χ1v) is 11.1. The second kappa shape index (κ2) is 11.4. The van der Waals surface area contributed by atoms with Crippen molar-refractivity contribution in [1.29, 1.82) is 0 Å². The van der Waals surface area contributed by atoms with E-state index in [-0.39, 0.29) is 11.8 Å². The zero-order valence-electron chi connectivity index (χ0n) is 16.1. The molecule has 1 heterocycles. The summed E-state index contributed by atoms with van der Waals surface area (Å²) < 4.78 is 0. The fourth-order valence-electron chi connectivity index (χ4n) is 2.58. The molecule has 0 radical (unpaired) electrons. The molecule has 0 saturated carbocycles. The molecule has 5 nitrogen and oxygen atoms in total. The summed E-state index contributed by atoms with van der Waals surface area (Å²) in [6, 6.07) is 4.83. The molecule has 0 bridgehead atoms. The molecule has 0 aliphatic rings. The van der Waals surface area contributed by atoms with E-state index in [0.29, 0.717) is 40.9 Å². The van der Waals surface area contributed by atoms with Gasteiger partial charge in [-0.1, -0.05) is 49.9 Å². The van der Waals surface area contributed by atoms with Crippen LogP contribution in [0.2, 0.25) is 10.0 Å². The summed E-state index contributed by atoms with van der Waals surface area (Å²) in [5.41, 5.74) is 0.840. The van der Waals surface area contributed by atoms with Crippen molar-refractivity contribution in [3.63, 3.8) is 0 Å². The summed E-state index contributed by atoms with van der Waals surface area (Å²) in [5.74, 6) is -0.328. The van der Waals surface area contributed by atoms with Gasteiger partial charge in [-0.2, -0.15) is 0 Å². The number of amides is 2. The molecule has 0 aliphatic heterocycles. The zero-order valence-corrected chi connectivity index (χ0v) is 18.5. The van der Waals surface area contributed by atoms with E-state index in [4.69, 9.17) is 23.2 Å². The lowest BCUT2D eigenvalue weighted by Crippen LogP contribution is -2.31. The van der Waals surface area contributed by atoms with Crippen molar-refractivity contribution < 1.29 is 9.59 Å². The van der Waals surface area contributed by atoms with Crippen LogP contribution in [0, 0.1) is 0 Å². The smallest absolute Gasteiger partial charge is 0.270 e. The molecule has 2 rings (SSSR count). The number of nitrogens with one attached hydrogen (secondary N) is 1. The average Bonchev–Trinajstić information content (AvgIpc) is 3.12. The maximum absolute atomic E-state index is 13.0. The first kappa shape index (κ1) is 22.7. The minimum Gasteiger partial charge on any atom is -0.351 e. The lowest BCUT2D eigenvalue weighted by atomic mass is 10.2. The van der Waals surface area contributed by atoms with Crippen molar-refractivity contribution in [3.8, 4) is 0 Å². The third-order valence-corrected chi connectivity index (χ3v) is 5.37. The lowest BCUT2D eigenvalue weighted by molar-refractivity contribution is 0.0740. The fraction of sp³-hybridized carbons (Fsp3) is 0.450. The Hall–Kier alpha value is -1.63. The SMILES string of the molecule is CCCCNC(=O)c1csc(CN(CCCC)C(=O)c2cc(Cl)cc(Cl)c2)n1. The van der Waals surface area contributed by atoms with Gasteiger partial charge in [0.15, 0.2) is 0 Å². The Kier molecular flexibility index (Phi) is 9.22. The van der Waals surface area contributed by atoms with Crippen molar-refractivity contribution in [2.45, 2.75) is 46.1 Å². The molecule has 2 amide bonds. The van der Waals surface area contributed by atoms with Gasteiger partial charge in [-0.15, -0.1) is 11.3 Å². The number of carbonyl (C=O) groups excluding carboxylic acids is 2. The summed E-state index contributed by atoms with van der Waals surface area (Å²) in [6.07, 6.45) is 3.79. The van der Waals surface area contributed by atoms with Crippen molar-refractivity contribution in [2.75, 3.05) is 13.1 Å². The van der Waals surface area contributed by atoms with Crippen LogP contribution in [0.5, 0.6) is 0 Å². The molecule has 0 fully saturated rings. The van der Waals surface area contributed by atoms with Crippen LogP contribution in [-0.2, 0) is 6.54 Å². The van der Waals surface area contributed by atoms with Crippen LogP contribution in [0.25, 0.3) is 0 Å². The molecule has 0 aliphatic carbocycles. The molecule has 8 heteroatoms. The normalized spacial score (nSPS) is 10.7. The van der Waals surface area contributed by atoms with Gasteiger partial charge >= 0.3 is 0 Å². The van der Waals surface area contributed by atoms with E-state index < -0.39 is 0 Å². The molecule has 1 aromatic heterocycles. The van der Waals surface area contributed by atoms with Gasteiger partial charge in [0.1, 0.15) is 10.7 Å². The first-order valence-electron chi connectivity index (χ1n) is 9.42. The van der Waals surface area contributed by atoms with Gasteiger partial charge in [-0.3, -0.25) is 9.59 Å². The Morgan fingerprint density at radius 3 is 2.43 bits per heavy atom. The first-order chi connectivity index (χ1) is 13.4. The van der Waals surface area contributed by atoms with Crippen molar-refractivity contribution in [1.82, 2.24) is 15.2 Å². The van der Waals surface area contributed by atoms with Crippen LogP contribution in [0.15, 0.2) is 23.6 Å². The van der Waals surface area contributed by atoms with Gasteiger partial charge < -0.3 is 10.2 Å². The maximum Gasteiger partial charge on any atom is 0.270 e. The van der Waals surface area contributed by atoms with Crippen molar-refractivity contribution >= 4 is 46.4 Å². The van der Waals surface area contributed by atoms with Gasteiger partial charge in [0.25, 0.3) is 11.8 Å². The molecule has 0 unspecified atom stereocenters. The van der Waals surface area contributed by atoms with Crippen LogP contribution in [0.1, 0.15) is 65.4 Å². The number of hydrogen-bond donors (Lipinski definition) is 1. The highest BCUT2D eigenvalue weighted by molar-refractivity contribution is 7.09. The van der Waals surface area contributed by atoms with Crippen LogP contribution >= 0.6 is 34.5 Å².